The molecule has 10 nitrogen and oxygen atoms in total. The summed E-state index contributed by atoms with van der Waals surface area (Å²) in [5, 5.41) is 14.9. The Morgan fingerprint density at radius 2 is 1.82 bits per heavy atom. The fraction of sp³-hybridized carbons (Fsp3) is 0.391. The van der Waals surface area contributed by atoms with Crippen LogP contribution in [0.25, 0.3) is 0 Å². The van der Waals surface area contributed by atoms with Gasteiger partial charge in [0, 0.05) is 26.0 Å². The van der Waals surface area contributed by atoms with Gasteiger partial charge in [-0.15, -0.1) is 0 Å². The lowest BCUT2D eigenvalue weighted by Crippen LogP contribution is -2.33. The first-order valence-corrected chi connectivity index (χ1v) is 10.7. The van der Waals surface area contributed by atoms with Crippen molar-refractivity contribution >= 4 is 18.0 Å². The normalized spacial score (nSPS) is 10.3. The second-order valence-corrected chi connectivity index (χ2v) is 7.01. The summed E-state index contributed by atoms with van der Waals surface area (Å²) >= 11 is 0. The SMILES string of the molecule is CCCCOCCCNC(=O)c1cnc(OC(=O)NCC(=O)OCc2ccccc2)c(O)c1. The first-order chi connectivity index (χ1) is 16.0. The van der Waals surface area contributed by atoms with Crippen LogP contribution < -0.4 is 15.4 Å². The summed E-state index contributed by atoms with van der Waals surface area (Å²) in [6.45, 7) is 3.40. The van der Waals surface area contributed by atoms with Gasteiger partial charge in [0.25, 0.3) is 11.8 Å². The molecular formula is C23H29N3O7. The highest BCUT2D eigenvalue weighted by atomic mass is 16.6. The number of aromatic hydroxyl groups is 1. The van der Waals surface area contributed by atoms with Crippen molar-refractivity contribution in [2.45, 2.75) is 32.8 Å². The molecule has 0 bridgehead atoms. The maximum absolute atomic E-state index is 12.1. The van der Waals surface area contributed by atoms with Crippen molar-refractivity contribution in [2.24, 2.45) is 0 Å². The number of hydrogen-bond donors (Lipinski definition) is 3. The fourth-order valence-electron chi connectivity index (χ4n) is 2.53. The van der Waals surface area contributed by atoms with Crippen LogP contribution in [0.3, 0.4) is 0 Å². The maximum atomic E-state index is 12.1. The van der Waals surface area contributed by atoms with E-state index in [-0.39, 0.29) is 12.2 Å². The molecule has 0 unspecified atom stereocenters. The van der Waals surface area contributed by atoms with Gasteiger partial charge < -0.3 is 30.0 Å². The van der Waals surface area contributed by atoms with Gasteiger partial charge in [0.15, 0.2) is 5.75 Å². The number of hydrogen-bond acceptors (Lipinski definition) is 8. The Morgan fingerprint density at radius 1 is 1.06 bits per heavy atom. The molecular weight excluding hydrogens is 430 g/mol. The molecule has 0 aliphatic rings. The number of amides is 2. The summed E-state index contributed by atoms with van der Waals surface area (Å²) < 4.78 is 15.3. The fourth-order valence-corrected chi connectivity index (χ4v) is 2.53. The highest BCUT2D eigenvalue weighted by molar-refractivity contribution is 5.94. The number of benzene rings is 1. The Morgan fingerprint density at radius 3 is 2.55 bits per heavy atom. The van der Waals surface area contributed by atoms with Gasteiger partial charge >= 0.3 is 12.1 Å². The minimum Gasteiger partial charge on any atom is -0.503 e. The van der Waals surface area contributed by atoms with E-state index in [9.17, 15) is 19.5 Å². The van der Waals surface area contributed by atoms with Gasteiger partial charge in [-0.05, 0) is 24.5 Å². The van der Waals surface area contributed by atoms with E-state index in [4.69, 9.17) is 14.2 Å². The van der Waals surface area contributed by atoms with Gasteiger partial charge in [-0.25, -0.2) is 9.78 Å². The predicted molar refractivity (Wildman–Crippen MR) is 119 cm³/mol. The highest BCUT2D eigenvalue weighted by Crippen LogP contribution is 2.23. The molecule has 0 spiro atoms. The molecule has 0 aliphatic heterocycles. The quantitative estimate of drug-likeness (QED) is 0.307. The second kappa shape index (κ2) is 14.4. The number of nitrogens with one attached hydrogen (secondary N) is 2. The molecule has 2 aromatic rings. The molecule has 0 atom stereocenters. The van der Waals surface area contributed by atoms with Crippen molar-refractivity contribution in [3.05, 3.63) is 53.7 Å². The van der Waals surface area contributed by atoms with Crippen LogP contribution in [-0.4, -0.2) is 54.4 Å². The van der Waals surface area contributed by atoms with Crippen LogP contribution in [0.15, 0.2) is 42.6 Å². The van der Waals surface area contributed by atoms with Crippen LogP contribution in [0.1, 0.15) is 42.1 Å². The monoisotopic (exact) mass is 459 g/mol. The zero-order valence-electron chi connectivity index (χ0n) is 18.5. The van der Waals surface area contributed by atoms with E-state index in [0.29, 0.717) is 26.2 Å². The van der Waals surface area contributed by atoms with Crippen LogP contribution in [-0.2, 0) is 20.9 Å². The average Bonchev–Trinajstić information content (AvgIpc) is 2.82. The van der Waals surface area contributed by atoms with E-state index in [2.05, 4.69) is 22.5 Å². The van der Waals surface area contributed by atoms with Crippen LogP contribution in [0.2, 0.25) is 0 Å². The molecule has 0 fully saturated rings. The molecule has 0 aliphatic carbocycles. The molecule has 1 aromatic carbocycles. The topological polar surface area (TPSA) is 136 Å². The predicted octanol–water partition coefficient (Wildman–Crippen LogP) is 2.56. The first kappa shape index (κ1) is 25.6. The Labute approximate surface area is 192 Å². The van der Waals surface area contributed by atoms with Crippen LogP contribution in [0.5, 0.6) is 11.6 Å². The lowest BCUT2D eigenvalue weighted by molar-refractivity contribution is -0.143. The Kier molecular flexibility index (Phi) is 11.2. The first-order valence-electron chi connectivity index (χ1n) is 10.7. The number of carbonyl (C=O) groups excluding carboxylic acids is 3. The molecule has 1 aromatic heterocycles. The van der Waals surface area contributed by atoms with E-state index in [1.165, 1.54) is 6.20 Å². The molecule has 0 saturated heterocycles. The number of carbonyl (C=O) groups is 3. The lowest BCUT2D eigenvalue weighted by Gasteiger charge is -2.09. The van der Waals surface area contributed by atoms with Gasteiger partial charge in [0.05, 0.1) is 5.56 Å². The number of unbranched alkanes of at least 4 members (excludes halogenated alkanes) is 1. The summed E-state index contributed by atoms with van der Waals surface area (Å²) in [6, 6.07) is 10.2. The highest BCUT2D eigenvalue weighted by Gasteiger charge is 2.15. The minimum absolute atomic E-state index is 0.0775. The van der Waals surface area contributed by atoms with Crippen molar-refractivity contribution in [3.8, 4) is 11.6 Å². The Balaban J connectivity index is 1.70. The second-order valence-electron chi connectivity index (χ2n) is 7.01. The third-order valence-electron chi connectivity index (χ3n) is 4.30. The van der Waals surface area contributed by atoms with Crippen molar-refractivity contribution in [1.82, 2.24) is 15.6 Å². The molecule has 0 saturated carbocycles. The van der Waals surface area contributed by atoms with Crippen molar-refractivity contribution < 1.29 is 33.7 Å². The number of ether oxygens (including phenoxy) is 3. The standard InChI is InChI=1S/C23H29N3O7/c1-2-3-11-31-12-7-10-24-21(29)18-13-19(27)22(25-14-18)33-23(30)26-15-20(28)32-16-17-8-5-4-6-9-17/h4-6,8-9,13-14,27H,2-3,7,10-12,15-16H2,1H3,(H,24,29)(H,26,30). The van der Waals surface area contributed by atoms with E-state index in [1.54, 1.807) is 12.1 Å². The summed E-state index contributed by atoms with van der Waals surface area (Å²) in [5.41, 5.74) is 0.920. The summed E-state index contributed by atoms with van der Waals surface area (Å²) in [7, 11) is 0. The zero-order valence-corrected chi connectivity index (χ0v) is 18.5. The number of rotatable bonds is 13. The Bertz CT molecular complexity index is 906. The molecule has 1 heterocycles. The van der Waals surface area contributed by atoms with E-state index in [0.717, 1.165) is 24.5 Å². The molecule has 33 heavy (non-hydrogen) atoms. The molecule has 3 N–H and O–H groups in total. The van der Waals surface area contributed by atoms with Crippen molar-refractivity contribution in [1.29, 1.82) is 0 Å². The molecule has 0 radical (unpaired) electrons. The number of aromatic nitrogens is 1. The van der Waals surface area contributed by atoms with E-state index < -0.39 is 36.1 Å². The van der Waals surface area contributed by atoms with Crippen LogP contribution in [0.4, 0.5) is 4.79 Å². The van der Waals surface area contributed by atoms with Gasteiger partial charge in [0.1, 0.15) is 13.2 Å². The number of pyridine rings is 1. The van der Waals surface area contributed by atoms with Gasteiger partial charge in [0.2, 0.25) is 0 Å². The molecule has 178 valence electrons. The van der Waals surface area contributed by atoms with E-state index >= 15 is 0 Å². The third kappa shape index (κ3) is 10.0. The molecule has 10 heteroatoms. The van der Waals surface area contributed by atoms with Crippen molar-refractivity contribution in [3.63, 3.8) is 0 Å². The third-order valence-corrected chi connectivity index (χ3v) is 4.30. The smallest absolute Gasteiger partial charge is 0.414 e. The maximum Gasteiger partial charge on any atom is 0.414 e. The zero-order chi connectivity index (χ0) is 23.9. The number of esters is 1. The number of nitrogens with zero attached hydrogens (tertiary/aromatic N) is 1. The van der Waals surface area contributed by atoms with Crippen molar-refractivity contribution in [2.75, 3.05) is 26.3 Å². The van der Waals surface area contributed by atoms with Crippen LogP contribution >= 0.6 is 0 Å². The van der Waals surface area contributed by atoms with Gasteiger partial charge in [-0.1, -0.05) is 43.7 Å². The van der Waals surface area contributed by atoms with Gasteiger partial charge in [-0.3, -0.25) is 9.59 Å². The largest absolute Gasteiger partial charge is 0.503 e. The summed E-state index contributed by atoms with van der Waals surface area (Å²) in [5.74, 6) is -1.97. The lowest BCUT2D eigenvalue weighted by atomic mass is 10.2. The average molecular weight is 459 g/mol. The molecule has 2 amide bonds. The minimum atomic E-state index is -1.00. The summed E-state index contributed by atoms with van der Waals surface area (Å²) in [6.07, 6.45) is 2.89. The summed E-state index contributed by atoms with van der Waals surface area (Å²) in [4.78, 5) is 39.5. The Hall–Kier alpha value is -3.66. The van der Waals surface area contributed by atoms with E-state index in [1.807, 2.05) is 18.2 Å². The molecule has 2 rings (SSSR count). The van der Waals surface area contributed by atoms with Crippen LogP contribution in [0, 0.1) is 0 Å². The van der Waals surface area contributed by atoms with Gasteiger partial charge in [-0.2, -0.15) is 0 Å².